The molecule has 3 aromatic rings. The van der Waals surface area contributed by atoms with E-state index >= 15 is 0 Å². The quantitative estimate of drug-likeness (QED) is 0.577. The molecule has 0 saturated carbocycles. The summed E-state index contributed by atoms with van der Waals surface area (Å²) in [5.74, 6) is 0.718. The molecule has 1 heterocycles. The summed E-state index contributed by atoms with van der Waals surface area (Å²) in [5, 5.41) is 1.52. The van der Waals surface area contributed by atoms with Gasteiger partial charge in [-0.05, 0) is 36.8 Å². The van der Waals surface area contributed by atoms with Gasteiger partial charge < -0.3 is 10.5 Å². The molecule has 0 fully saturated rings. The smallest absolute Gasteiger partial charge is 0.136 e. The molecule has 0 bridgehead atoms. The SMILES string of the molecule is Cc1ccc2cc(COc3cccc(N)c3)c(Cl)nc2c1. The minimum Gasteiger partial charge on any atom is -0.489 e. The first-order valence-corrected chi connectivity index (χ1v) is 7.04. The highest BCUT2D eigenvalue weighted by Gasteiger charge is 2.06. The van der Waals surface area contributed by atoms with Crippen molar-refractivity contribution < 1.29 is 4.74 Å². The zero-order chi connectivity index (χ0) is 14.8. The van der Waals surface area contributed by atoms with E-state index in [4.69, 9.17) is 22.1 Å². The minimum atomic E-state index is 0.360. The third-order valence-electron chi connectivity index (χ3n) is 3.25. The Morgan fingerprint density at radius 3 is 2.81 bits per heavy atom. The van der Waals surface area contributed by atoms with Gasteiger partial charge in [0.05, 0.1) is 5.52 Å². The van der Waals surface area contributed by atoms with Gasteiger partial charge in [-0.25, -0.2) is 4.98 Å². The number of halogens is 1. The molecule has 4 heteroatoms. The van der Waals surface area contributed by atoms with Crippen molar-refractivity contribution in [2.45, 2.75) is 13.5 Å². The molecular weight excluding hydrogens is 284 g/mol. The monoisotopic (exact) mass is 298 g/mol. The maximum absolute atomic E-state index is 6.24. The molecule has 2 aromatic carbocycles. The maximum Gasteiger partial charge on any atom is 0.136 e. The lowest BCUT2D eigenvalue weighted by atomic mass is 10.1. The number of aryl methyl sites for hydroxylation is 1. The van der Waals surface area contributed by atoms with Gasteiger partial charge in [-0.15, -0.1) is 0 Å². The molecule has 1 aromatic heterocycles. The lowest BCUT2D eigenvalue weighted by molar-refractivity contribution is 0.306. The van der Waals surface area contributed by atoms with Gasteiger partial charge in [-0.3, -0.25) is 0 Å². The van der Waals surface area contributed by atoms with Crippen LogP contribution in [-0.4, -0.2) is 4.98 Å². The fourth-order valence-electron chi connectivity index (χ4n) is 2.16. The third kappa shape index (κ3) is 3.09. The molecule has 0 aliphatic rings. The number of nitrogens with zero attached hydrogens (tertiary/aromatic N) is 1. The van der Waals surface area contributed by atoms with Gasteiger partial charge in [0.15, 0.2) is 0 Å². The molecule has 0 aliphatic heterocycles. The first-order chi connectivity index (χ1) is 10.1. The van der Waals surface area contributed by atoms with Crippen LogP contribution < -0.4 is 10.5 Å². The molecule has 0 aliphatic carbocycles. The third-order valence-corrected chi connectivity index (χ3v) is 3.58. The molecule has 0 amide bonds. The summed E-state index contributed by atoms with van der Waals surface area (Å²) in [4.78, 5) is 4.43. The Balaban J connectivity index is 1.87. The molecule has 106 valence electrons. The van der Waals surface area contributed by atoms with Gasteiger partial charge in [0, 0.05) is 22.7 Å². The van der Waals surface area contributed by atoms with Crippen LogP contribution in [0.4, 0.5) is 5.69 Å². The lowest BCUT2D eigenvalue weighted by Crippen LogP contribution is -1.98. The van der Waals surface area contributed by atoms with Crippen molar-refractivity contribution in [3.8, 4) is 5.75 Å². The second-order valence-electron chi connectivity index (χ2n) is 5.00. The molecule has 2 N–H and O–H groups in total. The van der Waals surface area contributed by atoms with Crippen molar-refractivity contribution in [1.82, 2.24) is 4.98 Å². The van der Waals surface area contributed by atoms with Crippen molar-refractivity contribution in [1.29, 1.82) is 0 Å². The van der Waals surface area contributed by atoms with Crippen LogP contribution in [0.25, 0.3) is 10.9 Å². The molecule has 0 radical (unpaired) electrons. The second kappa shape index (κ2) is 5.62. The van der Waals surface area contributed by atoms with Crippen LogP contribution >= 0.6 is 11.6 Å². The van der Waals surface area contributed by atoms with Gasteiger partial charge in [-0.2, -0.15) is 0 Å². The molecule has 0 saturated heterocycles. The van der Waals surface area contributed by atoms with Crippen LogP contribution in [-0.2, 0) is 6.61 Å². The van der Waals surface area contributed by atoms with Gasteiger partial charge in [0.25, 0.3) is 0 Å². The maximum atomic E-state index is 6.24. The Kier molecular flexibility index (Phi) is 3.67. The number of pyridine rings is 1. The van der Waals surface area contributed by atoms with Gasteiger partial charge in [0.1, 0.15) is 17.5 Å². The zero-order valence-corrected chi connectivity index (χ0v) is 12.4. The minimum absolute atomic E-state index is 0.360. The van der Waals surface area contributed by atoms with Crippen LogP contribution in [0, 0.1) is 6.92 Å². The fraction of sp³-hybridized carbons (Fsp3) is 0.118. The van der Waals surface area contributed by atoms with E-state index in [-0.39, 0.29) is 0 Å². The van der Waals surface area contributed by atoms with E-state index in [1.165, 1.54) is 0 Å². The summed E-state index contributed by atoms with van der Waals surface area (Å²) in [5.41, 5.74) is 9.31. The predicted molar refractivity (Wildman–Crippen MR) is 86.7 cm³/mol. The Bertz CT molecular complexity index is 802. The number of ether oxygens (including phenoxy) is 1. The number of benzene rings is 2. The molecule has 0 spiro atoms. The normalized spacial score (nSPS) is 10.8. The van der Waals surface area contributed by atoms with Crippen LogP contribution in [0.15, 0.2) is 48.5 Å². The summed E-state index contributed by atoms with van der Waals surface area (Å²) in [7, 11) is 0. The predicted octanol–water partition coefficient (Wildman–Crippen LogP) is 4.36. The molecule has 21 heavy (non-hydrogen) atoms. The number of nitrogens with two attached hydrogens (primary N) is 1. The average molecular weight is 299 g/mol. The first kappa shape index (κ1) is 13.7. The highest BCUT2D eigenvalue weighted by molar-refractivity contribution is 6.30. The number of hydrogen-bond donors (Lipinski definition) is 1. The van der Waals surface area contributed by atoms with E-state index in [2.05, 4.69) is 11.1 Å². The molecule has 3 nitrogen and oxygen atoms in total. The number of rotatable bonds is 3. The Morgan fingerprint density at radius 2 is 2.00 bits per heavy atom. The van der Waals surface area contributed by atoms with Crippen LogP contribution in [0.5, 0.6) is 5.75 Å². The zero-order valence-electron chi connectivity index (χ0n) is 11.6. The first-order valence-electron chi connectivity index (χ1n) is 6.66. The van der Waals surface area contributed by atoms with Crippen LogP contribution in [0.2, 0.25) is 5.15 Å². The van der Waals surface area contributed by atoms with Crippen molar-refractivity contribution in [2.24, 2.45) is 0 Å². The molecule has 3 rings (SSSR count). The van der Waals surface area contributed by atoms with Crippen molar-refractivity contribution >= 4 is 28.2 Å². The largest absolute Gasteiger partial charge is 0.489 e. The number of aromatic nitrogens is 1. The van der Waals surface area contributed by atoms with E-state index in [0.717, 1.165) is 27.8 Å². The number of fused-ring (bicyclic) bond motifs is 1. The molecular formula is C17H15ClN2O. The van der Waals surface area contributed by atoms with E-state index in [1.807, 2.05) is 43.3 Å². The number of anilines is 1. The van der Waals surface area contributed by atoms with Gasteiger partial charge >= 0.3 is 0 Å². The van der Waals surface area contributed by atoms with Crippen molar-refractivity contribution in [2.75, 3.05) is 5.73 Å². The van der Waals surface area contributed by atoms with E-state index in [1.54, 1.807) is 6.07 Å². The summed E-state index contributed by atoms with van der Waals surface area (Å²) in [6, 6.07) is 15.4. The van der Waals surface area contributed by atoms with Gasteiger partial charge in [-0.1, -0.05) is 29.8 Å². The summed E-state index contributed by atoms with van der Waals surface area (Å²) < 4.78 is 5.72. The fourth-order valence-corrected chi connectivity index (χ4v) is 2.36. The van der Waals surface area contributed by atoms with Crippen LogP contribution in [0.3, 0.4) is 0 Å². The average Bonchev–Trinajstić information content (AvgIpc) is 2.45. The summed E-state index contributed by atoms with van der Waals surface area (Å²) in [6.45, 7) is 2.39. The van der Waals surface area contributed by atoms with Crippen molar-refractivity contribution in [3.05, 3.63) is 64.8 Å². The Hall–Kier alpha value is -2.26. The van der Waals surface area contributed by atoms with E-state index in [0.29, 0.717) is 17.4 Å². The molecule has 0 unspecified atom stereocenters. The summed E-state index contributed by atoms with van der Waals surface area (Å²) in [6.07, 6.45) is 0. The standard InChI is InChI=1S/C17H15ClN2O/c1-11-5-6-12-8-13(17(18)20-16(12)7-11)10-21-15-4-2-3-14(19)9-15/h2-9H,10,19H2,1H3. The van der Waals surface area contributed by atoms with Gasteiger partial charge in [0.2, 0.25) is 0 Å². The van der Waals surface area contributed by atoms with E-state index in [9.17, 15) is 0 Å². The topological polar surface area (TPSA) is 48.1 Å². The molecule has 0 atom stereocenters. The Morgan fingerprint density at radius 1 is 1.14 bits per heavy atom. The number of nitrogen functional groups attached to an aromatic ring is 1. The van der Waals surface area contributed by atoms with Crippen molar-refractivity contribution in [3.63, 3.8) is 0 Å². The summed E-state index contributed by atoms with van der Waals surface area (Å²) >= 11 is 6.24. The second-order valence-corrected chi connectivity index (χ2v) is 5.35. The van der Waals surface area contributed by atoms with Crippen LogP contribution in [0.1, 0.15) is 11.1 Å². The number of hydrogen-bond acceptors (Lipinski definition) is 3. The van der Waals surface area contributed by atoms with E-state index < -0.39 is 0 Å². The highest BCUT2D eigenvalue weighted by Crippen LogP contribution is 2.23. The highest BCUT2D eigenvalue weighted by atomic mass is 35.5. The lowest BCUT2D eigenvalue weighted by Gasteiger charge is -2.09. The Labute approximate surface area is 128 Å².